The van der Waals surface area contributed by atoms with Crippen molar-refractivity contribution in [3.63, 3.8) is 0 Å². The van der Waals surface area contributed by atoms with E-state index in [1.807, 2.05) is 12.5 Å². The van der Waals surface area contributed by atoms with Gasteiger partial charge in [0, 0.05) is 25.3 Å². The number of carbonyl (C=O) groups excluding carboxylic acids is 1. The van der Waals surface area contributed by atoms with Crippen LogP contribution in [0.5, 0.6) is 0 Å². The number of rotatable bonds is 3. The Hall–Kier alpha value is -2.03. The molecule has 1 aromatic heterocycles. The number of likely N-dealkylation sites (tertiary alicyclic amines) is 1. The van der Waals surface area contributed by atoms with Crippen molar-refractivity contribution in [2.45, 2.75) is 44.6 Å². The lowest BCUT2D eigenvalue weighted by atomic mass is 9.95. The van der Waals surface area contributed by atoms with Gasteiger partial charge in [0.15, 0.2) is 12.0 Å². The molecular formula is C15H21N5O. The van der Waals surface area contributed by atoms with Gasteiger partial charge in [-0.05, 0) is 19.3 Å². The van der Waals surface area contributed by atoms with E-state index in [2.05, 4.69) is 21.1 Å². The molecule has 1 N–H and O–H groups in total. The van der Waals surface area contributed by atoms with Crippen molar-refractivity contribution in [1.82, 2.24) is 14.5 Å². The summed E-state index contributed by atoms with van der Waals surface area (Å²) in [5, 5.41) is 11.7. The maximum absolute atomic E-state index is 12.2. The lowest BCUT2D eigenvalue weighted by Gasteiger charge is -2.22. The van der Waals surface area contributed by atoms with Gasteiger partial charge in [0.05, 0.1) is 12.2 Å². The number of imidazole rings is 1. The van der Waals surface area contributed by atoms with Crippen LogP contribution < -0.4 is 5.32 Å². The third kappa shape index (κ3) is 3.18. The van der Waals surface area contributed by atoms with Gasteiger partial charge in [-0.2, -0.15) is 5.26 Å². The van der Waals surface area contributed by atoms with Crippen molar-refractivity contribution in [1.29, 1.82) is 5.26 Å². The minimum Gasteiger partial charge on any atom is -0.332 e. The fraction of sp³-hybridized carbons (Fsp3) is 0.667. The average molecular weight is 287 g/mol. The highest BCUT2D eigenvalue weighted by Gasteiger charge is 2.28. The molecule has 112 valence electrons. The van der Waals surface area contributed by atoms with Gasteiger partial charge < -0.3 is 14.8 Å². The van der Waals surface area contributed by atoms with E-state index in [9.17, 15) is 4.79 Å². The van der Waals surface area contributed by atoms with Crippen molar-refractivity contribution in [2.24, 2.45) is 5.92 Å². The van der Waals surface area contributed by atoms with Crippen LogP contribution in [-0.4, -0.2) is 33.4 Å². The fourth-order valence-corrected chi connectivity index (χ4v) is 3.27. The molecule has 3 rings (SSSR count). The SMILES string of the molecule is N#CN1CCC(C(=O)Nc2cn(C3CCCCC3)cn2)C1. The molecule has 2 fully saturated rings. The van der Waals surface area contributed by atoms with Crippen LogP contribution in [-0.2, 0) is 4.79 Å². The smallest absolute Gasteiger partial charge is 0.230 e. The summed E-state index contributed by atoms with van der Waals surface area (Å²) >= 11 is 0. The first-order valence-electron chi connectivity index (χ1n) is 7.75. The van der Waals surface area contributed by atoms with Crippen LogP contribution in [0.4, 0.5) is 5.82 Å². The highest BCUT2D eigenvalue weighted by molar-refractivity contribution is 5.91. The molecule has 1 aliphatic carbocycles. The van der Waals surface area contributed by atoms with Crippen LogP contribution in [0.25, 0.3) is 0 Å². The number of aromatic nitrogens is 2. The summed E-state index contributed by atoms with van der Waals surface area (Å²) in [4.78, 5) is 18.1. The number of nitrogens with zero attached hydrogens (tertiary/aromatic N) is 4. The second-order valence-electron chi connectivity index (χ2n) is 6.02. The molecule has 1 atom stereocenters. The number of hydrogen-bond acceptors (Lipinski definition) is 4. The number of nitriles is 1. The Labute approximate surface area is 124 Å². The molecule has 1 aromatic rings. The second-order valence-corrected chi connectivity index (χ2v) is 6.02. The Morgan fingerprint density at radius 1 is 1.33 bits per heavy atom. The molecule has 21 heavy (non-hydrogen) atoms. The molecule has 0 spiro atoms. The Balaban J connectivity index is 1.57. The monoisotopic (exact) mass is 287 g/mol. The van der Waals surface area contributed by atoms with E-state index in [1.165, 1.54) is 32.1 Å². The van der Waals surface area contributed by atoms with Gasteiger partial charge in [0.1, 0.15) is 0 Å². The Morgan fingerprint density at radius 2 is 2.14 bits per heavy atom. The first-order valence-corrected chi connectivity index (χ1v) is 7.75. The molecule has 1 saturated carbocycles. The van der Waals surface area contributed by atoms with Crippen molar-refractivity contribution >= 4 is 11.7 Å². The maximum Gasteiger partial charge on any atom is 0.230 e. The molecule has 1 amide bonds. The fourth-order valence-electron chi connectivity index (χ4n) is 3.27. The van der Waals surface area contributed by atoms with Crippen molar-refractivity contribution in [3.8, 4) is 6.19 Å². The third-order valence-electron chi connectivity index (χ3n) is 4.55. The third-order valence-corrected chi connectivity index (χ3v) is 4.55. The average Bonchev–Trinajstić information content (AvgIpc) is 3.17. The molecule has 1 unspecified atom stereocenters. The number of carbonyl (C=O) groups is 1. The normalized spacial score (nSPS) is 23.0. The highest BCUT2D eigenvalue weighted by Crippen LogP contribution is 2.28. The molecule has 0 aromatic carbocycles. The van der Waals surface area contributed by atoms with Gasteiger partial charge in [0.25, 0.3) is 0 Å². The summed E-state index contributed by atoms with van der Waals surface area (Å²) in [5.74, 6) is 0.493. The summed E-state index contributed by atoms with van der Waals surface area (Å²) in [6.07, 6.45) is 12.9. The van der Waals surface area contributed by atoms with Gasteiger partial charge in [-0.1, -0.05) is 19.3 Å². The lowest BCUT2D eigenvalue weighted by molar-refractivity contribution is -0.119. The zero-order valence-electron chi connectivity index (χ0n) is 12.2. The maximum atomic E-state index is 12.2. The minimum atomic E-state index is -0.107. The van der Waals surface area contributed by atoms with Crippen LogP contribution >= 0.6 is 0 Å². The van der Waals surface area contributed by atoms with Gasteiger partial charge in [-0.15, -0.1) is 0 Å². The van der Waals surface area contributed by atoms with Crippen molar-refractivity contribution < 1.29 is 4.79 Å². The standard InChI is InChI=1S/C15H21N5O/c16-10-19-7-6-12(8-19)15(21)18-14-9-20(11-17-14)13-4-2-1-3-5-13/h9,11-13H,1-8H2,(H,18,21). The van der Waals surface area contributed by atoms with Crippen LogP contribution in [0.15, 0.2) is 12.5 Å². The molecule has 1 aliphatic heterocycles. The Bertz CT molecular complexity index is 541. The zero-order chi connectivity index (χ0) is 14.7. The first-order chi connectivity index (χ1) is 10.3. The van der Waals surface area contributed by atoms with E-state index in [-0.39, 0.29) is 11.8 Å². The van der Waals surface area contributed by atoms with Crippen LogP contribution in [0.3, 0.4) is 0 Å². The summed E-state index contributed by atoms with van der Waals surface area (Å²) in [5.41, 5.74) is 0. The van der Waals surface area contributed by atoms with Gasteiger partial charge in [-0.3, -0.25) is 4.79 Å². The molecule has 1 saturated heterocycles. The van der Waals surface area contributed by atoms with Crippen LogP contribution in [0, 0.1) is 17.4 Å². The highest BCUT2D eigenvalue weighted by atomic mass is 16.2. The van der Waals surface area contributed by atoms with Crippen LogP contribution in [0.2, 0.25) is 0 Å². The molecular weight excluding hydrogens is 266 g/mol. The number of amides is 1. The minimum absolute atomic E-state index is 0.0263. The van der Waals surface area contributed by atoms with E-state index >= 15 is 0 Å². The Kier molecular flexibility index (Phi) is 4.09. The predicted molar refractivity (Wildman–Crippen MR) is 78.3 cm³/mol. The van der Waals surface area contributed by atoms with Gasteiger partial charge >= 0.3 is 0 Å². The van der Waals surface area contributed by atoms with Gasteiger partial charge in [-0.25, -0.2) is 4.98 Å². The molecule has 0 bridgehead atoms. The van der Waals surface area contributed by atoms with Gasteiger partial charge in [0.2, 0.25) is 5.91 Å². The molecule has 6 nitrogen and oxygen atoms in total. The van der Waals surface area contributed by atoms with E-state index in [0.717, 1.165) is 6.42 Å². The van der Waals surface area contributed by atoms with E-state index < -0.39 is 0 Å². The second kappa shape index (κ2) is 6.17. The topological polar surface area (TPSA) is 74.0 Å². The summed E-state index contributed by atoms with van der Waals surface area (Å²) in [6.45, 7) is 1.19. The zero-order valence-corrected chi connectivity index (χ0v) is 12.2. The van der Waals surface area contributed by atoms with Crippen molar-refractivity contribution in [2.75, 3.05) is 18.4 Å². The predicted octanol–water partition coefficient (Wildman–Crippen LogP) is 2.13. The summed E-state index contributed by atoms with van der Waals surface area (Å²) in [6, 6.07) is 0.525. The first kappa shape index (κ1) is 13.9. The number of nitrogens with one attached hydrogen (secondary N) is 1. The molecule has 0 radical (unpaired) electrons. The summed E-state index contributed by atoms with van der Waals surface area (Å²) < 4.78 is 2.13. The molecule has 6 heteroatoms. The quantitative estimate of drug-likeness (QED) is 0.864. The Morgan fingerprint density at radius 3 is 2.86 bits per heavy atom. The summed E-state index contributed by atoms with van der Waals surface area (Å²) in [7, 11) is 0. The molecule has 2 heterocycles. The lowest BCUT2D eigenvalue weighted by Crippen LogP contribution is -2.25. The van der Waals surface area contributed by atoms with E-state index in [1.54, 1.807) is 4.90 Å². The van der Waals surface area contributed by atoms with Crippen molar-refractivity contribution in [3.05, 3.63) is 12.5 Å². The largest absolute Gasteiger partial charge is 0.332 e. The van der Waals surface area contributed by atoms with Crippen LogP contribution in [0.1, 0.15) is 44.6 Å². The van der Waals surface area contributed by atoms with E-state index in [4.69, 9.17) is 5.26 Å². The molecule has 2 aliphatic rings. The number of anilines is 1. The van der Waals surface area contributed by atoms with E-state index in [0.29, 0.717) is 24.9 Å². The number of hydrogen-bond donors (Lipinski definition) is 1.